The van der Waals surface area contributed by atoms with Crippen molar-refractivity contribution in [2.24, 2.45) is 7.05 Å². The van der Waals surface area contributed by atoms with Crippen LogP contribution in [0.1, 0.15) is 41.1 Å². The van der Waals surface area contributed by atoms with Gasteiger partial charge in [-0.2, -0.15) is 0 Å². The van der Waals surface area contributed by atoms with Crippen molar-refractivity contribution in [2.45, 2.75) is 19.4 Å². The van der Waals surface area contributed by atoms with Gasteiger partial charge in [0.2, 0.25) is 0 Å². The summed E-state index contributed by atoms with van der Waals surface area (Å²) in [5, 5.41) is 3.96. The first-order valence-electron chi connectivity index (χ1n) is 9.48. The molecule has 3 rings (SSSR count). The van der Waals surface area contributed by atoms with Crippen LogP contribution in [0.4, 0.5) is 0 Å². The predicted molar refractivity (Wildman–Crippen MR) is 118 cm³/mol. The molecule has 1 amide bonds. The molecule has 1 heterocycles. The summed E-state index contributed by atoms with van der Waals surface area (Å²) in [5.41, 5.74) is 1.21. The van der Waals surface area contributed by atoms with E-state index in [0.717, 1.165) is 12.0 Å². The number of carbonyl (C=O) groups is 1. The van der Waals surface area contributed by atoms with Crippen LogP contribution in [-0.4, -0.2) is 29.2 Å². The number of imidazole rings is 1. The number of rotatable bonds is 8. The number of hydrogen-bond acceptors (Lipinski definition) is 4. The summed E-state index contributed by atoms with van der Waals surface area (Å²) in [4.78, 5) is 17.5. The van der Waals surface area contributed by atoms with Crippen LogP contribution in [0, 0.1) is 0 Å². The first kappa shape index (κ1) is 22.0. The van der Waals surface area contributed by atoms with Gasteiger partial charge in [0, 0.05) is 30.0 Å². The molecule has 0 aliphatic carbocycles. The SMILES string of the molecule is CCCOc1c(Cl)cc(C(=O)N[C@H](c2ccc(Cl)cc2)c2nccn2C)cc1OC. The van der Waals surface area contributed by atoms with Gasteiger partial charge in [0.05, 0.1) is 18.7 Å². The first-order chi connectivity index (χ1) is 14.4. The Balaban J connectivity index is 1.93. The second-order valence-electron chi connectivity index (χ2n) is 6.69. The summed E-state index contributed by atoms with van der Waals surface area (Å²) in [6, 6.07) is 9.98. The molecule has 0 unspecified atom stereocenters. The summed E-state index contributed by atoms with van der Waals surface area (Å²) in [5.74, 6) is 1.20. The van der Waals surface area contributed by atoms with Gasteiger partial charge in [-0.05, 0) is 36.2 Å². The van der Waals surface area contributed by atoms with Gasteiger partial charge in [-0.25, -0.2) is 4.98 Å². The van der Waals surface area contributed by atoms with Crippen LogP contribution in [0.2, 0.25) is 10.0 Å². The topological polar surface area (TPSA) is 65.4 Å². The molecule has 0 saturated heterocycles. The number of hydrogen-bond donors (Lipinski definition) is 1. The molecular formula is C22H23Cl2N3O3. The standard InChI is InChI=1S/C22H23Cl2N3O3/c1-4-11-30-20-17(24)12-15(13-18(20)29-3)22(28)26-19(21-25-9-10-27(21)2)14-5-7-16(23)8-6-14/h5-10,12-13,19H,4,11H2,1-3H3,(H,26,28)/t19-/m1/s1. The fraction of sp³-hybridized carbons (Fsp3) is 0.273. The first-order valence-corrected chi connectivity index (χ1v) is 10.2. The molecule has 158 valence electrons. The summed E-state index contributed by atoms with van der Waals surface area (Å²) in [6.45, 7) is 2.50. The van der Waals surface area contributed by atoms with E-state index in [9.17, 15) is 4.79 Å². The van der Waals surface area contributed by atoms with E-state index in [4.69, 9.17) is 32.7 Å². The Morgan fingerprint density at radius 1 is 1.23 bits per heavy atom. The van der Waals surface area contributed by atoms with Gasteiger partial charge in [-0.1, -0.05) is 42.3 Å². The van der Waals surface area contributed by atoms with Crippen LogP contribution < -0.4 is 14.8 Å². The summed E-state index contributed by atoms with van der Waals surface area (Å²) < 4.78 is 12.9. The van der Waals surface area contributed by atoms with Crippen LogP contribution in [0.5, 0.6) is 11.5 Å². The number of ether oxygens (including phenoxy) is 2. The van der Waals surface area contributed by atoms with E-state index in [2.05, 4.69) is 10.3 Å². The van der Waals surface area contributed by atoms with Crippen LogP contribution >= 0.6 is 23.2 Å². The van der Waals surface area contributed by atoms with Crippen LogP contribution in [0.15, 0.2) is 48.8 Å². The van der Waals surface area contributed by atoms with E-state index >= 15 is 0 Å². The highest BCUT2D eigenvalue weighted by Gasteiger charge is 2.23. The highest BCUT2D eigenvalue weighted by molar-refractivity contribution is 6.32. The third-order valence-corrected chi connectivity index (χ3v) is 5.07. The van der Waals surface area contributed by atoms with Crippen molar-refractivity contribution in [1.82, 2.24) is 14.9 Å². The molecule has 0 aliphatic heterocycles. The minimum Gasteiger partial charge on any atom is -0.493 e. The smallest absolute Gasteiger partial charge is 0.252 e. The second kappa shape index (κ2) is 9.87. The number of nitrogens with one attached hydrogen (secondary N) is 1. The molecule has 8 heteroatoms. The maximum absolute atomic E-state index is 13.1. The lowest BCUT2D eigenvalue weighted by molar-refractivity contribution is 0.0940. The maximum atomic E-state index is 13.1. The normalized spacial score (nSPS) is 11.8. The van der Waals surface area contributed by atoms with Gasteiger partial charge in [0.25, 0.3) is 5.91 Å². The fourth-order valence-electron chi connectivity index (χ4n) is 3.02. The molecule has 0 aliphatic rings. The molecule has 0 fully saturated rings. The van der Waals surface area contributed by atoms with Crippen LogP contribution in [0.25, 0.3) is 0 Å². The third-order valence-electron chi connectivity index (χ3n) is 4.54. The van der Waals surface area contributed by atoms with E-state index < -0.39 is 6.04 Å². The zero-order valence-electron chi connectivity index (χ0n) is 17.0. The molecule has 30 heavy (non-hydrogen) atoms. The maximum Gasteiger partial charge on any atom is 0.252 e. The molecule has 3 aromatic rings. The molecule has 2 aromatic carbocycles. The number of nitrogens with zero attached hydrogens (tertiary/aromatic N) is 2. The predicted octanol–water partition coefficient (Wildman–Crippen LogP) is 5.04. The number of carbonyl (C=O) groups excluding carboxylic acids is 1. The lowest BCUT2D eigenvalue weighted by Crippen LogP contribution is -2.31. The van der Waals surface area contributed by atoms with Crippen LogP contribution in [-0.2, 0) is 7.05 Å². The fourth-order valence-corrected chi connectivity index (χ4v) is 3.41. The van der Waals surface area contributed by atoms with Gasteiger partial charge in [0.15, 0.2) is 11.5 Å². The van der Waals surface area contributed by atoms with E-state index in [0.29, 0.717) is 39.5 Å². The van der Waals surface area contributed by atoms with Crippen molar-refractivity contribution in [3.63, 3.8) is 0 Å². The lowest BCUT2D eigenvalue weighted by atomic mass is 10.1. The minimum atomic E-state index is -0.476. The Morgan fingerprint density at radius 3 is 2.57 bits per heavy atom. The van der Waals surface area contributed by atoms with Crippen molar-refractivity contribution in [1.29, 1.82) is 0 Å². The average Bonchev–Trinajstić information content (AvgIpc) is 3.16. The monoisotopic (exact) mass is 447 g/mol. The van der Waals surface area contributed by atoms with Crippen molar-refractivity contribution in [3.05, 3.63) is 75.8 Å². The van der Waals surface area contributed by atoms with Gasteiger partial charge in [-0.3, -0.25) is 4.79 Å². The zero-order chi connectivity index (χ0) is 21.7. The van der Waals surface area contributed by atoms with E-state index in [1.165, 1.54) is 7.11 Å². The van der Waals surface area contributed by atoms with E-state index in [1.54, 1.807) is 30.5 Å². The number of halogens is 2. The second-order valence-corrected chi connectivity index (χ2v) is 7.54. The van der Waals surface area contributed by atoms with Gasteiger partial charge in [-0.15, -0.1) is 0 Å². The van der Waals surface area contributed by atoms with Crippen LogP contribution in [0.3, 0.4) is 0 Å². The Kier molecular flexibility index (Phi) is 7.24. The molecular weight excluding hydrogens is 425 g/mol. The average molecular weight is 448 g/mol. The lowest BCUT2D eigenvalue weighted by Gasteiger charge is -2.20. The zero-order valence-corrected chi connectivity index (χ0v) is 18.5. The van der Waals surface area contributed by atoms with Crippen molar-refractivity contribution < 1.29 is 14.3 Å². The number of aromatic nitrogens is 2. The quantitative estimate of drug-likeness (QED) is 0.524. The molecule has 0 radical (unpaired) electrons. The van der Waals surface area contributed by atoms with Gasteiger partial charge >= 0.3 is 0 Å². The Hall–Kier alpha value is -2.70. The number of amides is 1. The minimum absolute atomic E-state index is 0.313. The summed E-state index contributed by atoms with van der Waals surface area (Å²) >= 11 is 12.4. The van der Waals surface area contributed by atoms with Gasteiger partial charge in [0.1, 0.15) is 11.9 Å². The summed E-state index contributed by atoms with van der Waals surface area (Å²) in [7, 11) is 3.38. The third kappa shape index (κ3) is 4.89. The van der Waals surface area contributed by atoms with Crippen molar-refractivity contribution in [3.8, 4) is 11.5 Å². The molecule has 0 spiro atoms. The molecule has 6 nitrogen and oxygen atoms in total. The van der Waals surface area contributed by atoms with E-state index in [-0.39, 0.29) is 5.91 Å². The number of benzene rings is 2. The molecule has 1 N–H and O–H groups in total. The molecule has 1 atom stereocenters. The largest absolute Gasteiger partial charge is 0.493 e. The highest BCUT2D eigenvalue weighted by Crippen LogP contribution is 2.36. The Bertz CT molecular complexity index is 1020. The Labute approximate surface area is 185 Å². The molecule has 0 saturated carbocycles. The number of aryl methyl sites for hydroxylation is 1. The molecule has 0 bridgehead atoms. The number of methoxy groups -OCH3 is 1. The van der Waals surface area contributed by atoms with Crippen molar-refractivity contribution in [2.75, 3.05) is 13.7 Å². The van der Waals surface area contributed by atoms with Gasteiger partial charge < -0.3 is 19.4 Å². The molecule has 1 aromatic heterocycles. The highest BCUT2D eigenvalue weighted by atomic mass is 35.5. The summed E-state index contributed by atoms with van der Waals surface area (Å²) in [6.07, 6.45) is 4.34. The van der Waals surface area contributed by atoms with E-state index in [1.807, 2.05) is 36.9 Å². The Morgan fingerprint density at radius 2 is 1.97 bits per heavy atom. The van der Waals surface area contributed by atoms with Crippen molar-refractivity contribution >= 4 is 29.1 Å².